The summed E-state index contributed by atoms with van der Waals surface area (Å²) in [6, 6.07) is 16.0. The van der Waals surface area contributed by atoms with Crippen molar-refractivity contribution < 1.29 is 9.53 Å². The average Bonchev–Trinajstić information content (AvgIpc) is 2.96. The van der Waals surface area contributed by atoms with Gasteiger partial charge in [-0.1, -0.05) is 30.3 Å². The van der Waals surface area contributed by atoms with Crippen LogP contribution in [0.1, 0.15) is 5.56 Å². The van der Waals surface area contributed by atoms with Crippen LogP contribution in [-0.4, -0.2) is 18.3 Å². The normalized spacial score (nSPS) is 15.1. The third-order valence-electron chi connectivity index (χ3n) is 3.12. The fourth-order valence-electron chi connectivity index (χ4n) is 2.15. The van der Waals surface area contributed by atoms with E-state index in [1.807, 2.05) is 36.0 Å². The number of benzene rings is 2. The van der Waals surface area contributed by atoms with E-state index in [2.05, 4.69) is 29.6 Å². The summed E-state index contributed by atoms with van der Waals surface area (Å²) in [5, 5.41) is 2.70. The molecule has 0 radical (unpaired) electrons. The molecule has 0 saturated heterocycles. The summed E-state index contributed by atoms with van der Waals surface area (Å²) in [7, 11) is 0. The van der Waals surface area contributed by atoms with Gasteiger partial charge in [-0.15, -0.1) is 11.8 Å². The Balaban J connectivity index is 0.000000123. The highest BCUT2D eigenvalue weighted by molar-refractivity contribution is 7.99. The van der Waals surface area contributed by atoms with Crippen molar-refractivity contribution in [2.24, 2.45) is 0 Å². The van der Waals surface area contributed by atoms with Gasteiger partial charge >= 0.3 is 0 Å². The highest BCUT2D eigenvalue weighted by Crippen LogP contribution is 2.30. The first-order valence-electron chi connectivity index (χ1n) is 6.55. The summed E-state index contributed by atoms with van der Waals surface area (Å²) in [6.45, 7) is 0.122. The SMILES string of the molecule is O=C1COc2ccccc2N1.c1ccc2c(c1)CCS2. The fourth-order valence-corrected chi connectivity index (χ4v) is 3.22. The largest absolute Gasteiger partial charge is 0.482 e. The maximum atomic E-state index is 10.8. The molecule has 20 heavy (non-hydrogen) atoms. The molecule has 2 aliphatic heterocycles. The van der Waals surface area contributed by atoms with Crippen molar-refractivity contribution in [2.75, 3.05) is 17.7 Å². The van der Waals surface area contributed by atoms with E-state index in [1.54, 1.807) is 0 Å². The van der Waals surface area contributed by atoms with Gasteiger partial charge in [0.15, 0.2) is 6.61 Å². The molecule has 0 atom stereocenters. The lowest BCUT2D eigenvalue weighted by molar-refractivity contribution is -0.118. The van der Waals surface area contributed by atoms with E-state index < -0.39 is 0 Å². The lowest BCUT2D eigenvalue weighted by Gasteiger charge is -2.16. The van der Waals surface area contributed by atoms with Gasteiger partial charge in [-0.3, -0.25) is 4.79 Å². The Morgan fingerprint density at radius 3 is 2.75 bits per heavy atom. The summed E-state index contributed by atoms with van der Waals surface area (Å²) in [4.78, 5) is 12.3. The monoisotopic (exact) mass is 285 g/mol. The summed E-state index contributed by atoms with van der Waals surface area (Å²) < 4.78 is 5.12. The first-order chi connectivity index (χ1) is 9.83. The first-order valence-corrected chi connectivity index (χ1v) is 7.54. The number of hydrogen-bond acceptors (Lipinski definition) is 3. The van der Waals surface area contributed by atoms with Gasteiger partial charge in [-0.2, -0.15) is 0 Å². The van der Waals surface area contributed by atoms with Gasteiger partial charge in [-0.25, -0.2) is 0 Å². The summed E-state index contributed by atoms with van der Waals surface area (Å²) in [6.07, 6.45) is 1.26. The molecule has 3 nitrogen and oxygen atoms in total. The Morgan fingerprint density at radius 2 is 1.85 bits per heavy atom. The lowest BCUT2D eigenvalue weighted by atomic mass is 10.2. The van der Waals surface area contributed by atoms with E-state index >= 15 is 0 Å². The maximum Gasteiger partial charge on any atom is 0.262 e. The van der Waals surface area contributed by atoms with E-state index in [-0.39, 0.29) is 12.5 Å². The lowest BCUT2D eigenvalue weighted by Crippen LogP contribution is -2.25. The number of carbonyl (C=O) groups is 1. The molecule has 0 fully saturated rings. The number of fused-ring (bicyclic) bond motifs is 2. The minimum Gasteiger partial charge on any atom is -0.482 e. The molecule has 0 saturated carbocycles. The van der Waals surface area contributed by atoms with E-state index in [0.29, 0.717) is 0 Å². The van der Waals surface area contributed by atoms with Crippen molar-refractivity contribution in [2.45, 2.75) is 11.3 Å². The molecule has 2 aromatic rings. The van der Waals surface area contributed by atoms with E-state index in [1.165, 1.54) is 22.6 Å². The third kappa shape index (κ3) is 2.96. The van der Waals surface area contributed by atoms with Gasteiger partial charge in [0.05, 0.1) is 5.69 Å². The van der Waals surface area contributed by atoms with E-state index in [4.69, 9.17) is 4.74 Å². The zero-order valence-corrected chi connectivity index (χ0v) is 11.8. The Hall–Kier alpha value is -1.94. The Morgan fingerprint density at radius 1 is 1.05 bits per heavy atom. The predicted molar refractivity (Wildman–Crippen MR) is 81.4 cm³/mol. The van der Waals surface area contributed by atoms with Gasteiger partial charge in [0.25, 0.3) is 5.91 Å². The second-order valence-electron chi connectivity index (χ2n) is 4.54. The number of aryl methyl sites for hydroxylation is 1. The van der Waals surface area contributed by atoms with Gasteiger partial charge in [0.1, 0.15) is 5.75 Å². The molecule has 2 aliphatic rings. The Kier molecular flexibility index (Phi) is 3.92. The molecule has 0 unspecified atom stereocenters. The standard InChI is InChI=1S/C8H7NO2.C8H8S/c10-8-5-11-7-4-2-1-3-6(7)9-8;1-2-4-8-7(3-1)5-6-9-8/h1-4H,5H2,(H,9,10);1-4H,5-6H2. The quantitative estimate of drug-likeness (QED) is 0.806. The highest BCUT2D eigenvalue weighted by Gasteiger charge is 2.13. The molecule has 1 N–H and O–H groups in total. The van der Waals surface area contributed by atoms with Crippen LogP contribution in [0.5, 0.6) is 5.75 Å². The first kappa shape index (κ1) is 13.1. The van der Waals surface area contributed by atoms with E-state index in [0.717, 1.165) is 11.4 Å². The molecular weight excluding hydrogens is 270 g/mol. The summed E-state index contributed by atoms with van der Waals surface area (Å²) >= 11 is 1.97. The number of rotatable bonds is 0. The van der Waals surface area contributed by atoms with Crippen LogP contribution in [0.3, 0.4) is 0 Å². The minimum absolute atomic E-state index is 0.0938. The number of para-hydroxylation sites is 2. The fraction of sp³-hybridized carbons (Fsp3) is 0.188. The maximum absolute atomic E-state index is 10.8. The van der Waals surface area contributed by atoms with E-state index in [9.17, 15) is 4.79 Å². The van der Waals surface area contributed by atoms with Gasteiger partial charge in [-0.05, 0) is 30.2 Å². The number of anilines is 1. The average molecular weight is 285 g/mol. The second kappa shape index (κ2) is 6.01. The molecule has 0 bridgehead atoms. The summed E-state index contributed by atoms with van der Waals surface area (Å²) in [5.74, 6) is 1.93. The Bertz CT molecular complexity index is 604. The van der Waals surface area contributed by atoms with Crippen molar-refractivity contribution in [1.29, 1.82) is 0 Å². The van der Waals surface area contributed by atoms with Gasteiger partial charge < -0.3 is 10.1 Å². The second-order valence-corrected chi connectivity index (χ2v) is 5.68. The van der Waals surface area contributed by atoms with Crippen LogP contribution in [0.25, 0.3) is 0 Å². The number of ether oxygens (including phenoxy) is 1. The molecule has 0 aliphatic carbocycles. The molecule has 1 amide bonds. The summed E-state index contributed by atoms with van der Waals surface area (Å²) in [5.41, 5.74) is 2.28. The van der Waals surface area contributed by atoms with Crippen LogP contribution in [0, 0.1) is 0 Å². The molecular formula is C16H15NO2S. The Labute approximate surface area is 122 Å². The third-order valence-corrected chi connectivity index (χ3v) is 4.24. The smallest absolute Gasteiger partial charge is 0.262 e. The molecule has 0 aromatic heterocycles. The van der Waals surface area contributed by atoms with Crippen molar-refractivity contribution in [3.05, 3.63) is 54.1 Å². The van der Waals surface area contributed by atoms with Crippen molar-refractivity contribution >= 4 is 23.4 Å². The van der Waals surface area contributed by atoms with Crippen LogP contribution >= 0.6 is 11.8 Å². The minimum atomic E-state index is -0.0938. The molecule has 102 valence electrons. The highest BCUT2D eigenvalue weighted by atomic mass is 32.2. The number of hydrogen-bond donors (Lipinski definition) is 1. The topological polar surface area (TPSA) is 38.3 Å². The molecule has 4 rings (SSSR count). The number of amides is 1. The van der Waals surface area contributed by atoms with Gasteiger partial charge in [0.2, 0.25) is 0 Å². The van der Waals surface area contributed by atoms with Crippen LogP contribution in [0.4, 0.5) is 5.69 Å². The van der Waals surface area contributed by atoms with Crippen molar-refractivity contribution in [3.63, 3.8) is 0 Å². The molecule has 2 aromatic carbocycles. The predicted octanol–water partition coefficient (Wildman–Crippen LogP) is 3.35. The zero-order valence-electron chi connectivity index (χ0n) is 11.0. The van der Waals surface area contributed by atoms with Crippen LogP contribution < -0.4 is 10.1 Å². The number of carbonyl (C=O) groups excluding carboxylic acids is 1. The van der Waals surface area contributed by atoms with Crippen molar-refractivity contribution in [3.8, 4) is 5.75 Å². The van der Waals surface area contributed by atoms with Crippen LogP contribution in [0.15, 0.2) is 53.4 Å². The van der Waals surface area contributed by atoms with Crippen LogP contribution in [-0.2, 0) is 11.2 Å². The molecule has 4 heteroatoms. The van der Waals surface area contributed by atoms with Crippen LogP contribution in [0.2, 0.25) is 0 Å². The number of thioether (sulfide) groups is 1. The molecule has 2 heterocycles. The molecule has 0 spiro atoms. The zero-order chi connectivity index (χ0) is 13.8. The van der Waals surface area contributed by atoms with Crippen molar-refractivity contribution in [1.82, 2.24) is 0 Å². The van der Waals surface area contributed by atoms with Gasteiger partial charge in [0, 0.05) is 10.6 Å². The number of nitrogens with one attached hydrogen (secondary N) is 1.